The zero-order valence-corrected chi connectivity index (χ0v) is 16.0. The fourth-order valence-electron chi connectivity index (χ4n) is 2.38. The Morgan fingerprint density at radius 1 is 0.571 bits per heavy atom. The number of hydrogen-bond donors (Lipinski definition) is 0. The Morgan fingerprint density at radius 2 is 1.00 bits per heavy atom. The van der Waals surface area contributed by atoms with E-state index in [0.717, 1.165) is 0 Å². The van der Waals surface area contributed by atoms with E-state index in [1.807, 2.05) is 0 Å². The zero-order chi connectivity index (χ0) is 15.8. The van der Waals surface area contributed by atoms with Gasteiger partial charge >= 0.3 is 0 Å². The van der Waals surface area contributed by atoms with Crippen LogP contribution in [0, 0.1) is 0 Å². The van der Waals surface area contributed by atoms with Crippen molar-refractivity contribution in [2.75, 3.05) is 51.8 Å². The summed E-state index contributed by atoms with van der Waals surface area (Å²) >= 11 is 2.11. The second kappa shape index (κ2) is 16.6. The molecule has 0 aromatic rings. The van der Waals surface area contributed by atoms with Gasteiger partial charge in [-0.3, -0.25) is 0 Å². The molecule has 0 atom stereocenters. The molecule has 3 heteroatoms. The summed E-state index contributed by atoms with van der Waals surface area (Å²) in [6, 6.07) is 0. The summed E-state index contributed by atoms with van der Waals surface area (Å²) in [4.78, 5) is 4.99. The lowest BCUT2D eigenvalue weighted by atomic mass is 10.2. The highest BCUT2D eigenvalue weighted by Crippen LogP contribution is 2.05. The topological polar surface area (TPSA) is 6.48 Å². The molecular formula is C18H40N2S. The second-order valence-electron chi connectivity index (χ2n) is 6.34. The van der Waals surface area contributed by atoms with Gasteiger partial charge in [0.2, 0.25) is 0 Å². The molecule has 0 aliphatic heterocycles. The van der Waals surface area contributed by atoms with E-state index in [0.29, 0.717) is 0 Å². The largest absolute Gasteiger partial charge is 0.306 e. The van der Waals surface area contributed by atoms with Crippen molar-refractivity contribution in [3.05, 3.63) is 0 Å². The molecule has 0 aliphatic rings. The van der Waals surface area contributed by atoms with Crippen LogP contribution in [0.15, 0.2) is 0 Å². The van der Waals surface area contributed by atoms with E-state index >= 15 is 0 Å². The number of thioether (sulfide) groups is 1. The standard InChI is InChI=1S/C18H40N2S/c1-5-7-9-11-13-19(3)15-17-21-18-16-20(4)14-12-10-8-6-2/h5-18H2,1-4H3. The summed E-state index contributed by atoms with van der Waals surface area (Å²) in [5.74, 6) is 2.57. The summed E-state index contributed by atoms with van der Waals surface area (Å²) in [6.07, 6.45) is 11.0. The molecule has 0 N–H and O–H groups in total. The Hall–Kier alpha value is 0.270. The molecule has 128 valence electrons. The predicted molar refractivity (Wildman–Crippen MR) is 101 cm³/mol. The normalized spacial score (nSPS) is 11.7. The lowest BCUT2D eigenvalue weighted by Gasteiger charge is -2.18. The smallest absolute Gasteiger partial charge is 0.00693 e. The van der Waals surface area contributed by atoms with E-state index in [1.165, 1.54) is 89.1 Å². The fourth-order valence-corrected chi connectivity index (χ4v) is 3.47. The summed E-state index contributed by atoms with van der Waals surface area (Å²) in [6.45, 7) is 9.60. The van der Waals surface area contributed by atoms with Crippen LogP contribution >= 0.6 is 11.8 Å². The Morgan fingerprint density at radius 3 is 1.38 bits per heavy atom. The van der Waals surface area contributed by atoms with Crippen molar-refractivity contribution in [3.63, 3.8) is 0 Å². The zero-order valence-electron chi connectivity index (χ0n) is 15.2. The molecule has 0 spiro atoms. The van der Waals surface area contributed by atoms with Gasteiger partial charge < -0.3 is 9.80 Å². The third kappa shape index (κ3) is 16.5. The van der Waals surface area contributed by atoms with Crippen LogP contribution in [0.25, 0.3) is 0 Å². The summed E-state index contributed by atoms with van der Waals surface area (Å²) in [5.41, 5.74) is 0. The van der Waals surface area contributed by atoms with Gasteiger partial charge in [0.25, 0.3) is 0 Å². The van der Waals surface area contributed by atoms with Gasteiger partial charge in [-0.2, -0.15) is 11.8 Å². The highest BCUT2D eigenvalue weighted by Gasteiger charge is 2.00. The highest BCUT2D eigenvalue weighted by atomic mass is 32.2. The Balaban J connectivity index is 3.26. The summed E-state index contributed by atoms with van der Waals surface area (Å²) < 4.78 is 0. The SMILES string of the molecule is CCCCCCN(C)CCSCCN(C)CCCCCC. The van der Waals surface area contributed by atoms with Gasteiger partial charge in [-0.1, -0.05) is 52.4 Å². The fraction of sp³-hybridized carbons (Fsp3) is 1.00. The van der Waals surface area contributed by atoms with Crippen LogP contribution < -0.4 is 0 Å². The molecule has 0 unspecified atom stereocenters. The van der Waals surface area contributed by atoms with Gasteiger partial charge in [-0.25, -0.2) is 0 Å². The predicted octanol–water partition coefficient (Wildman–Crippen LogP) is 4.74. The monoisotopic (exact) mass is 316 g/mol. The first-order chi connectivity index (χ1) is 10.2. The van der Waals surface area contributed by atoms with Crippen LogP contribution in [-0.2, 0) is 0 Å². The van der Waals surface area contributed by atoms with E-state index in [2.05, 4.69) is 49.5 Å². The third-order valence-electron chi connectivity index (χ3n) is 4.02. The molecule has 0 amide bonds. The lowest BCUT2D eigenvalue weighted by molar-refractivity contribution is 0.341. The van der Waals surface area contributed by atoms with Gasteiger partial charge in [0.15, 0.2) is 0 Å². The van der Waals surface area contributed by atoms with Crippen molar-refractivity contribution in [1.29, 1.82) is 0 Å². The second-order valence-corrected chi connectivity index (χ2v) is 7.56. The molecule has 0 rings (SSSR count). The van der Waals surface area contributed by atoms with Crippen molar-refractivity contribution in [3.8, 4) is 0 Å². The molecular weight excluding hydrogens is 276 g/mol. The van der Waals surface area contributed by atoms with E-state index in [4.69, 9.17) is 0 Å². The van der Waals surface area contributed by atoms with E-state index in [-0.39, 0.29) is 0 Å². The molecule has 21 heavy (non-hydrogen) atoms. The molecule has 0 saturated carbocycles. The first kappa shape index (κ1) is 21.3. The van der Waals surface area contributed by atoms with Gasteiger partial charge in [-0.15, -0.1) is 0 Å². The molecule has 0 saturated heterocycles. The molecule has 0 radical (unpaired) electrons. The van der Waals surface area contributed by atoms with E-state index in [9.17, 15) is 0 Å². The molecule has 0 aliphatic carbocycles. The number of nitrogens with zero attached hydrogens (tertiary/aromatic N) is 2. The van der Waals surface area contributed by atoms with Crippen LogP contribution in [0.1, 0.15) is 65.2 Å². The first-order valence-corrected chi connectivity index (χ1v) is 10.3. The van der Waals surface area contributed by atoms with Crippen molar-refractivity contribution in [2.45, 2.75) is 65.2 Å². The summed E-state index contributed by atoms with van der Waals surface area (Å²) in [5, 5.41) is 0. The third-order valence-corrected chi connectivity index (χ3v) is 4.96. The maximum Gasteiger partial charge on any atom is 0.00693 e. The van der Waals surface area contributed by atoms with Crippen LogP contribution in [0.3, 0.4) is 0 Å². The molecule has 0 aromatic carbocycles. The number of unbranched alkanes of at least 4 members (excludes halogenated alkanes) is 6. The van der Waals surface area contributed by atoms with Crippen LogP contribution in [0.5, 0.6) is 0 Å². The van der Waals surface area contributed by atoms with Crippen LogP contribution in [0.4, 0.5) is 0 Å². The van der Waals surface area contributed by atoms with Crippen molar-refractivity contribution in [1.82, 2.24) is 9.80 Å². The van der Waals surface area contributed by atoms with Gasteiger partial charge in [0.05, 0.1) is 0 Å². The first-order valence-electron chi connectivity index (χ1n) is 9.15. The summed E-state index contributed by atoms with van der Waals surface area (Å²) in [7, 11) is 4.54. The minimum Gasteiger partial charge on any atom is -0.306 e. The molecule has 0 aromatic heterocycles. The van der Waals surface area contributed by atoms with Crippen LogP contribution in [0.2, 0.25) is 0 Å². The van der Waals surface area contributed by atoms with E-state index in [1.54, 1.807) is 0 Å². The van der Waals surface area contributed by atoms with Gasteiger partial charge in [0.1, 0.15) is 0 Å². The maximum absolute atomic E-state index is 2.50. The van der Waals surface area contributed by atoms with Crippen molar-refractivity contribution < 1.29 is 0 Å². The maximum atomic E-state index is 2.50. The molecule has 0 bridgehead atoms. The van der Waals surface area contributed by atoms with Crippen molar-refractivity contribution >= 4 is 11.8 Å². The molecule has 0 heterocycles. The Bertz CT molecular complexity index is 180. The lowest BCUT2D eigenvalue weighted by Crippen LogP contribution is -2.24. The van der Waals surface area contributed by atoms with Crippen LogP contribution in [-0.4, -0.2) is 61.6 Å². The van der Waals surface area contributed by atoms with Gasteiger partial charge in [-0.05, 0) is 40.0 Å². The average molecular weight is 317 g/mol. The molecule has 2 nitrogen and oxygen atoms in total. The minimum absolute atomic E-state index is 1.25. The average Bonchev–Trinajstić information content (AvgIpc) is 2.48. The molecule has 0 fully saturated rings. The number of hydrogen-bond acceptors (Lipinski definition) is 3. The minimum atomic E-state index is 1.25. The highest BCUT2D eigenvalue weighted by molar-refractivity contribution is 7.99. The Labute approximate surface area is 139 Å². The quantitative estimate of drug-likeness (QED) is 0.380. The van der Waals surface area contributed by atoms with Crippen molar-refractivity contribution in [2.24, 2.45) is 0 Å². The Kier molecular flexibility index (Phi) is 16.9. The van der Waals surface area contributed by atoms with Gasteiger partial charge in [0, 0.05) is 24.6 Å². The van der Waals surface area contributed by atoms with E-state index < -0.39 is 0 Å². The number of rotatable bonds is 16.